The second kappa shape index (κ2) is 6.58. The fourth-order valence-corrected chi connectivity index (χ4v) is 3.07. The fourth-order valence-electron chi connectivity index (χ4n) is 3.07. The Bertz CT molecular complexity index is 652. The van der Waals surface area contributed by atoms with Crippen LogP contribution in [0.25, 0.3) is 11.5 Å². The number of hydrogen-bond acceptors (Lipinski definition) is 4. The van der Waals surface area contributed by atoms with Crippen LogP contribution in [0.2, 0.25) is 0 Å². The van der Waals surface area contributed by atoms with E-state index >= 15 is 0 Å². The molecule has 2 aromatic heterocycles. The van der Waals surface area contributed by atoms with Crippen LogP contribution in [0.4, 0.5) is 0 Å². The summed E-state index contributed by atoms with van der Waals surface area (Å²) in [6.45, 7) is 6.48. The van der Waals surface area contributed by atoms with E-state index in [1.165, 1.54) is 0 Å². The highest BCUT2D eigenvalue weighted by atomic mass is 16.3. The summed E-state index contributed by atoms with van der Waals surface area (Å²) in [6.07, 6.45) is 5.31. The van der Waals surface area contributed by atoms with Gasteiger partial charge in [-0.25, -0.2) is 0 Å². The van der Waals surface area contributed by atoms with Gasteiger partial charge < -0.3 is 14.6 Å². The van der Waals surface area contributed by atoms with E-state index in [-0.39, 0.29) is 11.9 Å². The van der Waals surface area contributed by atoms with Crippen molar-refractivity contribution in [1.29, 1.82) is 0 Å². The third-order valence-electron chi connectivity index (χ3n) is 4.42. The third-order valence-corrected chi connectivity index (χ3v) is 4.42. The SMILES string of the molecule is CC(C)N1CCC(NC(=O)c2cn(C)nc2-c2ccco2)CC1. The van der Waals surface area contributed by atoms with Crippen LogP contribution in [0.3, 0.4) is 0 Å². The maximum absolute atomic E-state index is 12.6. The van der Waals surface area contributed by atoms with Crippen LogP contribution < -0.4 is 5.32 Å². The van der Waals surface area contributed by atoms with Gasteiger partial charge in [-0.15, -0.1) is 0 Å². The number of hydrogen-bond donors (Lipinski definition) is 1. The van der Waals surface area contributed by atoms with Crippen LogP contribution in [0.15, 0.2) is 29.0 Å². The molecule has 0 atom stereocenters. The second-order valence-electron chi connectivity index (χ2n) is 6.42. The molecule has 0 aromatic carbocycles. The van der Waals surface area contributed by atoms with Gasteiger partial charge in [0.15, 0.2) is 5.76 Å². The predicted molar refractivity (Wildman–Crippen MR) is 88.1 cm³/mol. The van der Waals surface area contributed by atoms with Gasteiger partial charge in [0.05, 0.1) is 11.8 Å². The molecule has 1 saturated heterocycles. The van der Waals surface area contributed by atoms with E-state index in [1.54, 1.807) is 23.2 Å². The van der Waals surface area contributed by atoms with Crippen LogP contribution in [-0.2, 0) is 7.05 Å². The van der Waals surface area contributed by atoms with Crippen LogP contribution in [0, 0.1) is 0 Å². The van der Waals surface area contributed by atoms with Crippen molar-refractivity contribution in [1.82, 2.24) is 20.0 Å². The Kier molecular flexibility index (Phi) is 4.52. The number of amides is 1. The lowest BCUT2D eigenvalue weighted by atomic mass is 10.0. The average Bonchev–Trinajstić information content (AvgIpc) is 3.16. The summed E-state index contributed by atoms with van der Waals surface area (Å²) in [5.74, 6) is 0.540. The molecular formula is C17H24N4O2. The number of rotatable bonds is 4. The van der Waals surface area contributed by atoms with Gasteiger partial charge in [0.2, 0.25) is 0 Å². The molecule has 0 aliphatic carbocycles. The van der Waals surface area contributed by atoms with Gasteiger partial charge >= 0.3 is 0 Å². The summed E-state index contributed by atoms with van der Waals surface area (Å²) in [4.78, 5) is 15.1. The molecule has 1 aliphatic heterocycles. The Balaban J connectivity index is 1.68. The molecule has 3 rings (SSSR count). The lowest BCUT2D eigenvalue weighted by molar-refractivity contribution is 0.0901. The zero-order valence-corrected chi connectivity index (χ0v) is 14.0. The Hall–Kier alpha value is -2.08. The lowest BCUT2D eigenvalue weighted by Crippen LogP contribution is -2.46. The summed E-state index contributed by atoms with van der Waals surface area (Å²) in [5, 5.41) is 7.51. The lowest BCUT2D eigenvalue weighted by Gasteiger charge is -2.34. The van der Waals surface area contributed by atoms with Crippen molar-refractivity contribution in [2.24, 2.45) is 7.05 Å². The summed E-state index contributed by atoms with van der Waals surface area (Å²) < 4.78 is 7.04. The Morgan fingerprint density at radius 1 is 1.39 bits per heavy atom. The van der Waals surface area contributed by atoms with E-state index in [0.717, 1.165) is 25.9 Å². The molecule has 1 fully saturated rings. The third kappa shape index (κ3) is 3.47. The largest absolute Gasteiger partial charge is 0.463 e. The van der Waals surface area contributed by atoms with Crippen molar-refractivity contribution in [2.75, 3.05) is 13.1 Å². The quantitative estimate of drug-likeness (QED) is 0.940. The highest BCUT2D eigenvalue weighted by molar-refractivity contribution is 5.99. The monoisotopic (exact) mass is 316 g/mol. The predicted octanol–water partition coefficient (Wildman–Crippen LogP) is 2.28. The minimum Gasteiger partial charge on any atom is -0.463 e. The highest BCUT2D eigenvalue weighted by Gasteiger charge is 2.25. The maximum Gasteiger partial charge on any atom is 0.255 e. The maximum atomic E-state index is 12.6. The van der Waals surface area contributed by atoms with E-state index in [2.05, 4.69) is 29.2 Å². The van der Waals surface area contributed by atoms with Crippen LogP contribution >= 0.6 is 0 Å². The Labute approximate surface area is 136 Å². The van der Waals surface area contributed by atoms with E-state index in [0.29, 0.717) is 23.1 Å². The summed E-state index contributed by atoms with van der Waals surface area (Å²) in [5.41, 5.74) is 1.16. The zero-order chi connectivity index (χ0) is 16.4. The number of likely N-dealkylation sites (tertiary alicyclic amines) is 1. The van der Waals surface area contributed by atoms with E-state index in [1.807, 2.05) is 13.1 Å². The first kappa shape index (κ1) is 15.8. The average molecular weight is 316 g/mol. The molecule has 0 bridgehead atoms. The fraction of sp³-hybridized carbons (Fsp3) is 0.529. The topological polar surface area (TPSA) is 63.3 Å². The van der Waals surface area contributed by atoms with Gasteiger partial charge in [-0.2, -0.15) is 5.10 Å². The molecule has 6 heteroatoms. The second-order valence-corrected chi connectivity index (χ2v) is 6.42. The van der Waals surface area contributed by atoms with E-state index in [4.69, 9.17) is 4.42 Å². The van der Waals surface area contributed by atoms with E-state index in [9.17, 15) is 4.79 Å². The number of carbonyl (C=O) groups is 1. The molecule has 6 nitrogen and oxygen atoms in total. The number of nitrogens with zero attached hydrogens (tertiary/aromatic N) is 3. The molecule has 1 N–H and O–H groups in total. The number of furan rings is 1. The number of aromatic nitrogens is 2. The van der Waals surface area contributed by atoms with Gasteiger partial charge in [-0.1, -0.05) is 0 Å². The molecule has 23 heavy (non-hydrogen) atoms. The first-order valence-electron chi connectivity index (χ1n) is 8.17. The molecule has 0 radical (unpaired) electrons. The van der Waals surface area contributed by atoms with Gasteiger partial charge in [-0.3, -0.25) is 9.48 Å². The van der Waals surface area contributed by atoms with Gasteiger partial charge in [0.1, 0.15) is 5.69 Å². The van der Waals surface area contributed by atoms with Crippen molar-refractivity contribution in [3.63, 3.8) is 0 Å². The molecule has 0 spiro atoms. The normalized spacial score (nSPS) is 16.9. The van der Waals surface area contributed by atoms with E-state index < -0.39 is 0 Å². The van der Waals surface area contributed by atoms with Crippen LogP contribution in [0.5, 0.6) is 0 Å². The van der Waals surface area contributed by atoms with Crippen LogP contribution in [-0.4, -0.2) is 45.8 Å². The molecule has 3 heterocycles. The van der Waals surface area contributed by atoms with Crippen molar-refractivity contribution in [3.05, 3.63) is 30.2 Å². The molecular weight excluding hydrogens is 292 g/mol. The molecule has 1 amide bonds. The zero-order valence-electron chi connectivity index (χ0n) is 14.0. The molecule has 0 unspecified atom stereocenters. The van der Waals surface area contributed by atoms with Crippen molar-refractivity contribution >= 4 is 5.91 Å². The summed E-state index contributed by atoms with van der Waals surface area (Å²) in [7, 11) is 1.81. The number of nitrogens with one attached hydrogen (secondary N) is 1. The number of piperidine rings is 1. The highest BCUT2D eigenvalue weighted by Crippen LogP contribution is 2.23. The van der Waals surface area contributed by atoms with Crippen LogP contribution in [0.1, 0.15) is 37.0 Å². The standard InChI is InChI=1S/C17H24N4O2/c1-12(2)21-8-6-13(7-9-21)18-17(22)14-11-20(3)19-16(14)15-5-4-10-23-15/h4-5,10-13H,6-9H2,1-3H3,(H,18,22). The minimum absolute atomic E-state index is 0.0764. The number of carbonyl (C=O) groups excluding carboxylic acids is 1. The van der Waals surface area contributed by atoms with Crippen molar-refractivity contribution in [2.45, 2.75) is 38.8 Å². The van der Waals surface area contributed by atoms with Gasteiger partial charge in [0.25, 0.3) is 5.91 Å². The van der Waals surface area contributed by atoms with Crippen molar-refractivity contribution in [3.8, 4) is 11.5 Å². The summed E-state index contributed by atoms with van der Waals surface area (Å²) >= 11 is 0. The first-order valence-corrected chi connectivity index (χ1v) is 8.17. The number of aryl methyl sites for hydroxylation is 1. The Morgan fingerprint density at radius 3 is 2.74 bits per heavy atom. The van der Waals surface area contributed by atoms with Gasteiger partial charge in [-0.05, 0) is 38.8 Å². The molecule has 2 aromatic rings. The van der Waals surface area contributed by atoms with Crippen molar-refractivity contribution < 1.29 is 9.21 Å². The molecule has 124 valence electrons. The van der Waals surface area contributed by atoms with Gasteiger partial charge in [0, 0.05) is 38.4 Å². The molecule has 0 saturated carbocycles. The first-order chi connectivity index (χ1) is 11.0. The minimum atomic E-state index is -0.0764. The summed E-state index contributed by atoms with van der Waals surface area (Å²) in [6, 6.07) is 4.41. The Morgan fingerprint density at radius 2 is 2.13 bits per heavy atom. The molecule has 1 aliphatic rings. The smallest absolute Gasteiger partial charge is 0.255 e.